The lowest BCUT2D eigenvalue weighted by molar-refractivity contribution is -0.192. The number of guanidine groups is 1. The number of nitrogens with zero attached hydrogens (tertiary/aromatic N) is 2. The van der Waals surface area contributed by atoms with E-state index in [2.05, 4.69) is 15.6 Å². The first-order valence-corrected chi connectivity index (χ1v) is 11.7. The summed E-state index contributed by atoms with van der Waals surface area (Å²) in [6.07, 6.45) is -4.77. The van der Waals surface area contributed by atoms with Crippen LogP contribution in [0.3, 0.4) is 0 Å². The number of carbonyl (C=O) groups excluding carboxylic acids is 4. The number of amides is 5. The van der Waals surface area contributed by atoms with Crippen LogP contribution in [-0.2, 0) is 25.7 Å². The molecule has 0 radical (unpaired) electrons. The van der Waals surface area contributed by atoms with E-state index in [0.29, 0.717) is 16.0 Å². The molecule has 1 atom stereocenters. The average Bonchev–Trinajstić information content (AvgIpc) is 3.19. The van der Waals surface area contributed by atoms with E-state index in [0.717, 1.165) is 0 Å². The van der Waals surface area contributed by atoms with Gasteiger partial charge >= 0.3 is 30.2 Å². The number of carbonyl (C=O) groups is 6. The number of halogens is 3. The maximum Gasteiger partial charge on any atom is 0.490 e. The Morgan fingerprint density at radius 3 is 2.12 bits per heavy atom. The number of urea groups is 1. The highest BCUT2D eigenvalue weighted by Crippen LogP contribution is 2.16. The van der Waals surface area contributed by atoms with Crippen molar-refractivity contribution in [1.82, 2.24) is 15.5 Å². The summed E-state index contributed by atoms with van der Waals surface area (Å²) in [5.74, 6) is -6.06. The Balaban J connectivity index is 0.000000821. The van der Waals surface area contributed by atoms with Crippen molar-refractivity contribution in [3.8, 4) is 0 Å². The number of imide groups is 1. The number of alkyl halides is 3. The van der Waals surface area contributed by atoms with Gasteiger partial charge in [-0.2, -0.15) is 18.2 Å². The van der Waals surface area contributed by atoms with Gasteiger partial charge in [-0.1, -0.05) is 42.5 Å². The van der Waals surface area contributed by atoms with Crippen molar-refractivity contribution in [3.63, 3.8) is 0 Å². The number of benzene rings is 2. The first kappa shape index (κ1) is 33.3. The van der Waals surface area contributed by atoms with Gasteiger partial charge in [0.2, 0.25) is 0 Å². The van der Waals surface area contributed by atoms with Crippen molar-refractivity contribution in [2.24, 2.45) is 16.5 Å². The normalized spacial score (nSPS) is 14.1. The lowest BCUT2D eigenvalue weighted by atomic mass is 10.1. The van der Waals surface area contributed by atoms with E-state index in [9.17, 15) is 42.3 Å². The third kappa shape index (κ3) is 10.5. The molecule has 3 rings (SSSR count). The molecule has 0 aromatic heterocycles. The molecule has 2 aromatic carbocycles. The predicted octanol–water partition coefficient (Wildman–Crippen LogP) is 1.01. The largest absolute Gasteiger partial charge is 0.490 e. The second kappa shape index (κ2) is 14.6. The van der Waals surface area contributed by atoms with E-state index in [1.54, 1.807) is 30.3 Å². The molecule has 43 heavy (non-hydrogen) atoms. The summed E-state index contributed by atoms with van der Waals surface area (Å²) >= 11 is 0. The summed E-state index contributed by atoms with van der Waals surface area (Å²) in [7, 11) is 0. The van der Waals surface area contributed by atoms with Crippen LogP contribution in [0.4, 0.5) is 22.8 Å². The number of alkyl carbamates (subject to hydrolysis) is 1. The Kier molecular flexibility index (Phi) is 11.3. The molecule has 8 N–H and O–H groups in total. The van der Waals surface area contributed by atoms with Crippen LogP contribution in [0.25, 0.3) is 6.08 Å². The molecule has 5 amide bonds. The van der Waals surface area contributed by atoms with E-state index in [1.165, 1.54) is 30.3 Å². The van der Waals surface area contributed by atoms with Crippen LogP contribution >= 0.6 is 0 Å². The van der Waals surface area contributed by atoms with Gasteiger partial charge in [-0.25, -0.2) is 19.2 Å². The van der Waals surface area contributed by atoms with E-state index < -0.39 is 54.6 Å². The molecule has 0 spiro atoms. The molecule has 1 heterocycles. The van der Waals surface area contributed by atoms with Crippen LogP contribution in [0.15, 0.2) is 65.3 Å². The Bertz CT molecular complexity index is 1440. The second-order valence-corrected chi connectivity index (χ2v) is 8.27. The highest BCUT2D eigenvalue weighted by Gasteiger charge is 2.38. The van der Waals surface area contributed by atoms with E-state index in [4.69, 9.17) is 26.1 Å². The van der Waals surface area contributed by atoms with Gasteiger partial charge in [0.05, 0.1) is 6.54 Å². The van der Waals surface area contributed by atoms with Crippen LogP contribution in [-0.4, -0.2) is 75.7 Å². The van der Waals surface area contributed by atoms with Gasteiger partial charge in [-0.05, 0) is 29.3 Å². The Morgan fingerprint density at radius 1 is 1.02 bits per heavy atom. The Labute approximate surface area is 239 Å². The lowest BCUT2D eigenvalue weighted by Gasteiger charge is -2.19. The molecular formula is C25H23F3N6O9. The minimum Gasteiger partial charge on any atom is -0.480 e. The van der Waals surface area contributed by atoms with Gasteiger partial charge in [0, 0.05) is 5.56 Å². The Hall–Kier alpha value is -5.94. The summed E-state index contributed by atoms with van der Waals surface area (Å²) in [6.45, 7) is -0.727. The highest BCUT2D eigenvalue weighted by molar-refractivity contribution is 6.14. The Morgan fingerprint density at radius 2 is 1.60 bits per heavy atom. The zero-order valence-electron chi connectivity index (χ0n) is 21.7. The average molecular weight is 608 g/mol. The fourth-order valence-corrected chi connectivity index (χ4v) is 3.08. The topological polar surface area (TPSA) is 244 Å². The molecule has 1 fully saturated rings. The molecule has 0 unspecified atom stereocenters. The zero-order chi connectivity index (χ0) is 32.3. The van der Waals surface area contributed by atoms with E-state index in [-0.39, 0.29) is 23.8 Å². The van der Waals surface area contributed by atoms with Crippen LogP contribution in [0.1, 0.15) is 21.5 Å². The quantitative estimate of drug-likeness (QED) is 0.107. The number of carboxylic acid groups (broad SMARTS) is 2. The van der Waals surface area contributed by atoms with Gasteiger partial charge < -0.3 is 37.1 Å². The number of nitrogens with one attached hydrogen (secondary N) is 2. The van der Waals surface area contributed by atoms with Crippen molar-refractivity contribution in [3.05, 3.63) is 77.0 Å². The monoisotopic (exact) mass is 608 g/mol. The van der Waals surface area contributed by atoms with Crippen LogP contribution in [0, 0.1) is 0 Å². The van der Waals surface area contributed by atoms with Gasteiger partial charge in [-0.15, -0.1) is 0 Å². The molecule has 1 aliphatic rings. The number of ether oxygens (including phenoxy) is 1. The molecule has 0 saturated carbocycles. The van der Waals surface area contributed by atoms with E-state index >= 15 is 0 Å². The number of aliphatic carboxylic acids is 2. The minimum absolute atomic E-state index is 0.0919. The molecular weight excluding hydrogens is 585 g/mol. The first-order chi connectivity index (χ1) is 20.1. The van der Waals surface area contributed by atoms with Crippen LogP contribution in [0.2, 0.25) is 0 Å². The molecule has 0 bridgehead atoms. The van der Waals surface area contributed by atoms with Gasteiger partial charge in [0.1, 0.15) is 18.3 Å². The summed E-state index contributed by atoms with van der Waals surface area (Å²) < 4.78 is 36.7. The van der Waals surface area contributed by atoms with Crippen molar-refractivity contribution >= 4 is 47.9 Å². The minimum atomic E-state index is -5.08. The van der Waals surface area contributed by atoms with Crippen LogP contribution < -0.4 is 22.1 Å². The highest BCUT2D eigenvalue weighted by atomic mass is 19.4. The lowest BCUT2D eigenvalue weighted by Crippen LogP contribution is -2.50. The first-order valence-electron chi connectivity index (χ1n) is 11.7. The predicted molar refractivity (Wildman–Crippen MR) is 140 cm³/mol. The summed E-state index contributed by atoms with van der Waals surface area (Å²) in [6, 6.07) is 12.1. The number of rotatable bonds is 8. The third-order valence-electron chi connectivity index (χ3n) is 5.07. The molecule has 18 heteroatoms. The fraction of sp³-hybridized carbons (Fsp3) is 0.160. The third-order valence-corrected chi connectivity index (χ3v) is 5.07. The molecule has 0 aliphatic carbocycles. The van der Waals surface area contributed by atoms with Crippen molar-refractivity contribution in [2.75, 3.05) is 6.54 Å². The smallest absolute Gasteiger partial charge is 0.480 e. The number of hydrogen-bond acceptors (Lipinski definition) is 7. The summed E-state index contributed by atoms with van der Waals surface area (Å²) in [5, 5.41) is 21.1. The standard InChI is InChI=1S/C23H22N6O7.C2HF3O2/c24-21(25)28-18(30)15-8-6-13(7-9-15)10-16-19(31)29(22(34)26-16)11-17(20(32)33)27-23(35)36-12-14-4-2-1-3-5-14;3-2(4,5)1(6)7/h1-10,17H,11-12H2,(H,26,34)(H,27,35)(H,32,33)(H4,24,25,28,30);(H,6,7)/b16-10-;/t17-;/m0./s1. The van der Waals surface area contributed by atoms with Crippen molar-refractivity contribution < 1.29 is 56.9 Å². The van der Waals surface area contributed by atoms with Gasteiger partial charge in [0.15, 0.2) is 5.96 Å². The van der Waals surface area contributed by atoms with Crippen molar-refractivity contribution in [1.29, 1.82) is 0 Å². The molecule has 15 nitrogen and oxygen atoms in total. The molecule has 1 saturated heterocycles. The zero-order valence-corrected chi connectivity index (χ0v) is 21.7. The van der Waals surface area contributed by atoms with Gasteiger partial charge in [-0.3, -0.25) is 14.5 Å². The number of aliphatic imine (C=N–C) groups is 1. The summed E-state index contributed by atoms with van der Waals surface area (Å²) in [4.78, 5) is 73.5. The van der Waals surface area contributed by atoms with Gasteiger partial charge in [0.25, 0.3) is 11.8 Å². The SMILES string of the molecule is NC(N)=NC(=O)c1ccc(/C=C2\NC(=O)N(C[C@H](NC(=O)OCc3ccccc3)C(=O)O)C2=O)cc1.O=C(O)C(F)(F)F. The van der Waals surface area contributed by atoms with Crippen LogP contribution in [0.5, 0.6) is 0 Å². The maximum atomic E-state index is 12.7. The number of hydrogen-bond donors (Lipinski definition) is 6. The number of nitrogens with two attached hydrogens (primary N) is 2. The summed E-state index contributed by atoms with van der Waals surface area (Å²) in [5.41, 5.74) is 11.6. The molecule has 228 valence electrons. The molecule has 2 aromatic rings. The van der Waals surface area contributed by atoms with E-state index in [1.807, 2.05) is 0 Å². The molecule has 1 aliphatic heterocycles. The maximum absolute atomic E-state index is 12.7. The number of carboxylic acids is 2. The van der Waals surface area contributed by atoms with Crippen molar-refractivity contribution in [2.45, 2.75) is 18.8 Å². The fourth-order valence-electron chi connectivity index (χ4n) is 3.08. The second-order valence-electron chi connectivity index (χ2n) is 8.27.